The van der Waals surface area contributed by atoms with Gasteiger partial charge in [0.1, 0.15) is 0 Å². The van der Waals surface area contributed by atoms with E-state index >= 15 is 0 Å². The molecule has 2 heterocycles. The second-order valence-electron chi connectivity index (χ2n) is 6.09. The zero-order valence-electron chi connectivity index (χ0n) is 13.5. The summed E-state index contributed by atoms with van der Waals surface area (Å²) in [6, 6.07) is -0.168. The molecule has 0 spiro atoms. The molecule has 2 aliphatic heterocycles. The van der Waals surface area contributed by atoms with Crippen LogP contribution in [-0.4, -0.2) is 67.4 Å². The van der Waals surface area contributed by atoms with Gasteiger partial charge in [0.15, 0.2) is 0 Å². The van der Waals surface area contributed by atoms with E-state index in [0.29, 0.717) is 19.0 Å². The molecule has 0 aromatic carbocycles. The summed E-state index contributed by atoms with van der Waals surface area (Å²) < 4.78 is 6.00. The summed E-state index contributed by atoms with van der Waals surface area (Å²) >= 11 is 0. The van der Waals surface area contributed by atoms with Gasteiger partial charge in [0.05, 0.1) is 12.5 Å². The molecule has 134 valence electrons. The molecule has 2 saturated heterocycles. The number of ether oxygens (including phenoxy) is 1. The molecule has 0 aromatic heterocycles. The van der Waals surface area contributed by atoms with Gasteiger partial charge in [-0.25, -0.2) is 4.79 Å². The van der Waals surface area contributed by atoms with Crippen molar-refractivity contribution < 1.29 is 19.4 Å². The minimum Gasteiger partial charge on any atom is -0.481 e. The van der Waals surface area contributed by atoms with Crippen molar-refractivity contribution in [2.45, 2.75) is 38.2 Å². The summed E-state index contributed by atoms with van der Waals surface area (Å²) in [5.41, 5.74) is 0. The van der Waals surface area contributed by atoms with E-state index in [9.17, 15) is 9.59 Å². The van der Waals surface area contributed by atoms with Crippen LogP contribution in [0.15, 0.2) is 0 Å². The molecule has 0 radical (unpaired) electrons. The van der Waals surface area contributed by atoms with Crippen LogP contribution in [-0.2, 0) is 9.53 Å². The van der Waals surface area contributed by atoms with Crippen LogP contribution in [0.5, 0.6) is 0 Å². The summed E-state index contributed by atoms with van der Waals surface area (Å²) in [6.45, 7) is 4.54. The van der Waals surface area contributed by atoms with E-state index in [1.165, 1.54) is 12.8 Å². The van der Waals surface area contributed by atoms with E-state index in [-0.39, 0.29) is 37.5 Å². The summed E-state index contributed by atoms with van der Waals surface area (Å²) in [4.78, 5) is 24.0. The Morgan fingerprint density at radius 2 is 1.83 bits per heavy atom. The van der Waals surface area contributed by atoms with Crippen molar-refractivity contribution in [3.05, 3.63) is 0 Å². The van der Waals surface area contributed by atoms with Crippen LogP contribution in [0, 0.1) is 5.92 Å². The first-order valence-electron chi connectivity index (χ1n) is 8.22. The third-order valence-corrected chi connectivity index (χ3v) is 4.37. The van der Waals surface area contributed by atoms with Gasteiger partial charge in [-0.15, -0.1) is 12.4 Å². The van der Waals surface area contributed by atoms with Gasteiger partial charge in [0.25, 0.3) is 0 Å². The largest absolute Gasteiger partial charge is 0.481 e. The van der Waals surface area contributed by atoms with E-state index < -0.39 is 5.97 Å². The number of hydrogen-bond acceptors (Lipinski definition) is 4. The molecule has 0 saturated carbocycles. The monoisotopic (exact) mass is 349 g/mol. The molecule has 0 atom stereocenters. The Labute approximate surface area is 143 Å². The standard InChI is InChI=1S/C15H27N3O4.ClH/c19-14(20)3-8-17-15(21)18-9-4-13(5-10-18)22-11-12-1-6-16-7-2-12;/h12-13,16H,1-11H2,(H,17,21)(H,19,20);1H. The fourth-order valence-corrected chi connectivity index (χ4v) is 2.93. The van der Waals surface area contributed by atoms with E-state index in [4.69, 9.17) is 9.84 Å². The first-order valence-corrected chi connectivity index (χ1v) is 8.22. The van der Waals surface area contributed by atoms with Crippen molar-refractivity contribution in [3.63, 3.8) is 0 Å². The average Bonchev–Trinajstić information content (AvgIpc) is 2.54. The van der Waals surface area contributed by atoms with Gasteiger partial charge in [-0.1, -0.05) is 0 Å². The van der Waals surface area contributed by atoms with Crippen LogP contribution in [0.1, 0.15) is 32.1 Å². The van der Waals surface area contributed by atoms with Gasteiger partial charge in [-0.05, 0) is 44.7 Å². The number of carboxylic acids is 1. The van der Waals surface area contributed by atoms with Gasteiger partial charge in [-0.2, -0.15) is 0 Å². The van der Waals surface area contributed by atoms with Crippen LogP contribution in [0.2, 0.25) is 0 Å². The SMILES string of the molecule is Cl.O=C(O)CCNC(=O)N1CCC(OCC2CCNCC2)CC1. The molecule has 2 rings (SSSR count). The molecule has 2 amide bonds. The predicted molar refractivity (Wildman–Crippen MR) is 89.0 cm³/mol. The summed E-state index contributed by atoms with van der Waals surface area (Å²) in [5.74, 6) is -0.232. The van der Waals surface area contributed by atoms with E-state index in [2.05, 4.69) is 10.6 Å². The zero-order chi connectivity index (χ0) is 15.8. The summed E-state index contributed by atoms with van der Waals surface area (Å²) in [5, 5.41) is 14.5. The fraction of sp³-hybridized carbons (Fsp3) is 0.867. The van der Waals surface area contributed by atoms with Gasteiger partial charge in [0.2, 0.25) is 0 Å². The maximum Gasteiger partial charge on any atom is 0.317 e. The zero-order valence-corrected chi connectivity index (χ0v) is 14.3. The highest BCUT2D eigenvalue weighted by atomic mass is 35.5. The second-order valence-corrected chi connectivity index (χ2v) is 6.09. The van der Waals surface area contributed by atoms with Gasteiger partial charge in [0, 0.05) is 26.2 Å². The Bertz CT molecular complexity index is 370. The average molecular weight is 350 g/mol. The van der Waals surface area contributed by atoms with Crippen molar-refractivity contribution in [1.82, 2.24) is 15.5 Å². The lowest BCUT2D eigenvalue weighted by molar-refractivity contribution is -0.136. The number of urea groups is 1. The molecule has 2 fully saturated rings. The maximum absolute atomic E-state index is 11.9. The maximum atomic E-state index is 11.9. The Kier molecular flexibility index (Phi) is 9.28. The molecule has 7 nitrogen and oxygen atoms in total. The van der Waals surface area contributed by atoms with Crippen LogP contribution in [0.3, 0.4) is 0 Å². The lowest BCUT2D eigenvalue weighted by Crippen LogP contribution is -2.46. The van der Waals surface area contributed by atoms with E-state index in [1.807, 2.05) is 0 Å². The second kappa shape index (κ2) is 10.7. The number of amides is 2. The Morgan fingerprint density at radius 3 is 2.43 bits per heavy atom. The number of piperidine rings is 2. The number of nitrogens with one attached hydrogen (secondary N) is 2. The molecule has 0 aliphatic carbocycles. The number of aliphatic carboxylic acids is 1. The minimum atomic E-state index is -0.898. The highest BCUT2D eigenvalue weighted by Gasteiger charge is 2.24. The predicted octanol–water partition coefficient (Wildman–Crippen LogP) is 1.07. The minimum absolute atomic E-state index is 0. The van der Waals surface area contributed by atoms with Crippen LogP contribution in [0.4, 0.5) is 4.79 Å². The molecular formula is C15H28ClN3O4. The normalized spacial score (nSPS) is 19.9. The number of carbonyl (C=O) groups excluding carboxylic acids is 1. The molecule has 3 N–H and O–H groups in total. The van der Waals surface area contributed by atoms with Crippen molar-refractivity contribution in [2.24, 2.45) is 5.92 Å². The topological polar surface area (TPSA) is 90.9 Å². The Hall–Kier alpha value is -1.05. The lowest BCUT2D eigenvalue weighted by Gasteiger charge is -2.33. The Balaban J connectivity index is 0.00000264. The smallest absolute Gasteiger partial charge is 0.317 e. The molecule has 0 bridgehead atoms. The number of carbonyl (C=O) groups is 2. The van der Waals surface area contributed by atoms with Gasteiger partial charge in [-0.3, -0.25) is 4.79 Å². The van der Waals surface area contributed by atoms with E-state index in [0.717, 1.165) is 32.5 Å². The Morgan fingerprint density at radius 1 is 1.17 bits per heavy atom. The number of halogens is 1. The lowest BCUT2D eigenvalue weighted by atomic mass is 9.99. The number of carboxylic acid groups (broad SMARTS) is 1. The summed E-state index contributed by atoms with van der Waals surface area (Å²) in [7, 11) is 0. The fourth-order valence-electron chi connectivity index (χ4n) is 2.93. The quantitative estimate of drug-likeness (QED) is 0.667. The van der Waals surface area contributed by atoms with Crippen molar-refractivity contribution >= 4 is 24.4 Å². The molecule has 0 aromatic rings. The third-order valence-electron chi connectivity index (χ3n) is 4.37. The number of rotatable bonds is 6. The van der Waals surface area contributed by atoms with Crippen molar-refractivity contribution in [3.8, 4) is 0 Å². The van der Waals surface area contributed by atoms with Gasteiger partial charge >= 0.3 is 12.0 Å². The van der Waals surface area contributed by atoms with Gasteiger partial charge < -0.3 is 25.4 Å². The number of nitrogens with zero attached hydrogens (tertiary/aromatic N) is 1. The molecular weight excluding hydrogens is 322 g/mol. The molecule has 8 heteroatoms. The summed E-state index contributed by atoms with van der Waals surface area (Å²) in [6.07, 6.45) is 4.30. The molecule has 2 aliphatic rings. The molecule has 23 heavy (non-hydrogen) atoms. The highest BCUT2D eigenvalue weighted by Crippen LogP contribution is 2.18. The number of likely N-dealkylation sites (tertiary alicyclic amines) is 1. The van der Waals surface area contributed by atoms with Crippen molar-refractivity contribution in [2.75, 3.05) is 39.3 Å². The first-order chi connectivity index (χ1) is 10.6. The first kappa shape index (κ1) is 20.0. The molecule has 0 unspecified atom stereocenters. The van der Waals surface area contributed by atoms with Crippen LogP contribution >= 0.6 is 12.4 Å². The van der Waals surface area contributed by atoms with Crippen LogP contribution < -0.4 is 10.6 Å². The van der Waals surface area contributed by atoms with Crippen molar-refractivity contribution in [1.29, 1.82) is 0 Å². The van der Waals surface area contributed by atoms with E-state index in [1.54, 1.807) is 4.90 Å². The number of hydrogen-bond donors (Lipinski definition) is 3. The highest BCUT2D eigenvalue weighted by molar-refractivity contribution is 5.85. The van der Waals surface area contributed by atoms with Crippen LogP contribution in [0.25, 0.3) is 0 Å². The third kappa shape index (κ3) is 7.37.